The van der Waals surface area contributed by atoms with E-state index in [1.165, 1.54) is 6.08 Å². The van der Waals surface area contributed by atoms with Crippen molar-refractivity contribution in [1.29, 1.82) is 5.41 Å². The number of nitrogens with zero attached hydrogens (tertiary/aromatic N) is 1. The minimum atomic E-state index is -0.350. The number of nitrogens with two attached hydrogens (primary N) is 2. The van der Waals surface area contributed by atoms with Gasteiger partial charge in [0.15, 0.2) is 0 Å². The molecule has 0 aliphatic heterocycles. The number of oxime groups is 1. The lowest BCUT2D eigenvalue weighted by atomic mass is 10.0. The lowest BCUT2D eigenvalue weighted by Crippen LogP contribution is -2.15. The second kappa shape index (κ2) is 10.7. The van der Waals surface area contributed by atoms with E-state index in [-0.39, 0.29) is 37.0 Å². The Morgan fingerprint density at radius 2 is 1.69 bits per heavy atom. The van der Waals surface area contributed by atoms with Crippen molar-refractivity contribution in [3.63, 3.8) is 0 Å². The van der Waals surface area contributed by atoms with Crippen LogP contribution in [-0.2, 0) is 13.2 Å². The number of halogens is 1. The number of allylic oxidation sites excluding steroid dienone is 2. The Hall–Kier alpha value is -4.43. The Morgan fingerprint density at radius 3 is 2.40 bits per heavy atom. The van der Waals surface area contributed by atoms with Gasteiger partial charge in [-0.3, -0.25) is 5.41 Å². The maximum Gasteiger partial charge on any atom is 0.146 e. The molecule has 0 aromatic heterocycles. The van der Waals surface area contributed by atoms with Gasteiger partial charge in [0.25, 0.3) is 0 Å². The van der Waals surface area contributed by atoms with Gasteiger partial charge in [-0.05, 0) is 29.4 Å². The van der Waals surface area contributed by atoms with Crippen molar-refractivity contribution in [2.24, 2.45) is 10.9 Å². The third-order valence-corrected chi connectivity index (χ3v) is 5.52. The number of hydrogen-bond donors (Lipinski definition) is 4. The molecule has 0 bridgehead atoms. The molecule has 0 saturated carbocycles. The lowest BCUT2D eigenvalue weighted by molar-refractivity contribution is 0.297. The molecule has 1 aliphatic carbocycles. The highest BCUT2D eigenvalue weighted by atomic mass is 19.1. The first kappa shape index (κ1) is 23.7. The van der Waals surface area contributed by atoms with Gasteiger partial charge in [0.1, 0.15) is 36.2 Å². The molecular weight excluding hydrogens is 447 g/mol. The standard InChI is InChI=1S/C27H25FN4O3/c28-27-19(7-4-8-21(27)18-5-2-1-3-6-18)16-35-26-13-25(20(14-29)12-23(26)31)34-15-17-9-10-24(32-33)22(30)11-17/h1-13,30,33H,14-16,29,31H2/b30-22?,32-24-. The highest BCUT2D eigenvalue weighted by molar-refractivity contribution is 6.50. The summed E-state index contributed by atoms with van der Waals surface area (Å²) in [5.41, 5.74) is 15.7. The van der Waals surface area contributed by atoms with Crippen LogP contribution in [0.3, 0.4) is 0 Å². The van der Waals surface area contributed by atoms with Crippen LogP contribution in [0.4, 0.5) is 10.1 Å². The average molecular weight is 473 g/mol. The molecule has 3 aromatic rings. The largest absolute Gasteiger partial charge is 0.488 e. The zero-order valence-corrected chi connectivity index (χ0v) is 18.9. The fourth-order valence-corrected chi connectivity index (χ4v) is 3.65. The van der Waals surface area contributed by atoms with Crippen LogP contribution >= 0.6 is 0 Å². The molecule has 0 spiro atoms. The normalized spacial score (nSPS) is 14.2. The monoisotopic (exact) mass is 472 g/mol. The predicted octanol–water partition coefficient (Wildman–Crippen LogP) is 4.84. The number of benzene rings is 3. The summed E-state index contributed by atoms with van der Waals surface area (Å²) < 4.78 is 27.0. The Morgan fingerprint density at radius 1 is 0.914 bits per heavy atom. The van der Waals surface area contributed by atoms with E-state index in [1.807, 2.05) is 30.3 Å². The number of anilines is 1. The van der Waals surface area contributed by atoms with Gasteiger partial charge >= 0.3 is 0 Å². The van der Waals surface area contributed by atoms with E-state index < -0.39 is 0 Å². The van der Waals surface area contributed by atoms with E-state index in [2.05, 4.69) is 5.16 Å². The molecule has 0 atom stereocenters. The molecule has 1 aliphatic rings. The van der Waals surface area contributed by atoms with Crippen molar-refractivity contribution < 1.29 is 19.1 Å². The Labute approximate surface area is 202 Å². The van der Waals surface area contributed by atoms with Gasteiger partial charge in [-0.2, -0.15) is 0 Å². The lowest BCUT2D eigenvalue weighted by Gasteiger charge is -2.17. The van der Waals surface area contributed by atoms with E-state index in [9.17, 15) is 0 Å². The van der Waals surface area contributed by atoms with Crippen molar-refractivity contribution in [2.75, 3.05) is 12.3 Å². The first-order chi connectivity index (χ1) is 17.0. The van der Waals surface area contributed by atoms with E-state index in [4.69, 9.17) is 31.6 Å². The molecule has 0 fully saturated rings. The van der Waals surface area contributed by atoms with Crippen LogP contribution in [0.5, 0.6) is 11.5 Å². The average Bonchev–Trinajstić information content (AvgIpc) is 2.88. The molecule has 0 saturated heterocycles. The second-order valence-electron chi connectivity index (χ2n) is 7.88. The zero-order chi connectivity index (χ0) is 24.8. The Balaban J connectivity index is 1.51. The van der Waals surface area contributed by atoms with Crippen LogP contribution in [0.15, 0.2) is 89.6 Å². The predicted molar refractivity (Wildman–Crippen MR) is 135 cm³/mol. The van der Waals surface area contributed by atoms with Crippen molar-refractivity contribution >= 4 is 17.1 Å². The number of hydrogen-bond acceptors (Lipinski definition) is 7. The van der Waals surface area contributed by atoms with Gasteiger partial charge in [-0.25, -0.2) is 4.39 Å². The SMILES string of the molecule is N=C1C=C(COc2cc(OCc3cccc(-c4ccccc4)c3F)c(N)cc2CN)C=C/C1=N/O. The second-order valence-corrected chi connectivity index (χ2v) is 7.88. The fourth-order valence-electron chi connectivity index (χ4n) is 3.65. The summed E-state index contributed by atoms with van der Waals surface area (Å²) in [5.74, 6) is 0.464. The van der Waals surface area contributed by atoms with Crippen LogP contribution in [0.25, 0.3) is 11.1 Å². The number of ether oxygens (including phenoxy) is 2. The van der Waals surface area contributed by atoms with Crippen LogP contribution in [0.2, 0.25) is 0 Å². The van der Waals surface area contributed by atoms with Crippen LogP contribution < -0.4 is 20.9 Å². The van der Waals surface area contributed by atoms with Crippen LogP contribution in [-0.4, -0.2) is 23.2 Å². The summed E-state index contributed by atoms with van der Waals surface area (Å²) in [6.45, 7) is 0.327. The zero-order valence-electron chi connectivity index (χ0n) is 18.9. The quantitative estimate of drug-likeness (QED) is 0.162. The van der Waals surface area contributed by atoms with Gasteiger partial charge < -0.3 is 26.1 Å². The first-order valence-electron chi connectivity index (χ1n) is 10.9. The van der Waals surface area contributed by atoms with Gasteiger partial charge in [0.2, 0.25) is 0 Å². The van der Waals surface area contributed by atoms with Crippen LogP contribution in [0.1, 0.15) is 11.1 Å². The number of nitrogen functional groups attached to an aromatic ring is 1. The van der Waals surface area contributed by atoms with Crippen molar-refractivity contribution in [3.8, 4) is 22.6 Å². The van der Waals surface area contributed by atoms with Gasteiger partial charge in [0.05, 0.1) is 11.4 Å². The molecule has 178 valence electrons. The van der Waals surface area contributed by atoms with E-state index in [1.54, 1.807) is 42.5 Å². The third kappa shape index (κ3) is 5.39. The summed E-state index contributed by atoms with van der Waals surface area (Å²) in [5, 5.41) is 19.8. The molecule has 6 N–H and O–H groups in total. The van der Waals surface area contributed by atoms with E-state index >= 15 is 4.39 Å². The van der Waals surface area contributed by atoms with Crippen LogP contribution in [0, 0.1) is 11.2 Å². The molecule has 8 heteroatoms. The maximum absolute atomic E-state index is 15.2. The minimum absolute atomic E-state index is 0.0214. The molecule has 0 amide bonds. The number of nitrogens with one attached hydrogen (secondary N) is 1. The summed E-state index contributed by atoms with van der Waals surface area (Å²) in [4.78, 5) is 0. The van der Waals surface area contributed by atoms with Crippen molar-refractivity contribution in [1.82, 2.24) is 0 Å². The third-order valence-electron chi connectivity index (χ3n) is 5.52. The van der Waals surface area contributed by atoms with Gasteiger partial charge in [-0.15, -0.1) is 0 Å². The van der Waals surface area contributed by atoms with Gasteiger partial charge in [0, 0.05) is 29.3 Å². The minimum Gasteiger partial charge on any atom is -0.488 e. The molecule has 35 heavy (non-hydrogen) atoms. The highest BCUT2D eigenvalue weighted by Crippen LogP contribution is 2.33. The summed E-state index contributed by atoms with van der Waals surface area (Å²) in [6.07, 6.45) is 4.78. The molecule has 3 aromatic carbocycles. The Bertz CT molecular complexity index is 1330. The van der Waals surface area contributed by atoms with E-state index in [0.29, 0.717) is 39.4 Å². The van der Waals surface area contributed by atoms with Gasteiger partial charge in [-0.1, -0.05) is 59.8 Å². The summed E-state index contributed by atoms with van der Waals surface area (Å²) in [7, 11) is 0. The first-order valence-corrected chi connectivity index (χ1v) is 10.9. The molecule has 4 rings (SSSR count). The topological polar surface area (TPSA) is 127 Å². The van der Waals surface area contributed by atoms with Crippen molar-refractivity contribution in [3.05, 3.63) is 101 Å². The number of rotatable bonds is 8. The molecule has 7 nitrogen and oxygen atoms in total. The summed E-state index contributed by atoms with van der Waals surface area (Å²) >= 11 is 0. The molecule has 0 heterocycles. The molecule has 0 unspecified atom stereocenters. The van der Waals surface area contributed by atoms with E-state index in [0.717, 1.165) is 5.56 Å². The smallest absolute Gasteiger partial charge is 0.146 e. The fraction of sp³-hybridized carbons (Fsp3) is 0.111. The molecular formula is C27H25FN4O3. The maximum atomic E-state index is 15.2. The highest BCUT2D eigenvalue weighted by Gasteiger charge is 2.15. The van der Waals surface area contributed by atoms with Crippen molar-refractivity contribution in [2.45, 2.75) is 13.2 Å². The summed E-state index contributed by atoms with van der Waals surface area (Å²) in [6, 6.07) is 17.8. The Kier molecular flexibility index (Phi) is 7.23. The molecule has 0 radical (unpaired) electrons.